The molecule has 2 amide bonds. The Morgan fingerprint density at radius 1 is 1.06 bits per heavy atom. The van der Waals surface area contributed by atoms with E-state index in [-0.39, 0.29) is 25.0 Å². The fraction of sp³-hybridized carbons (Fsp3) is 0.423. The summed E-state index contributed by atoms with van der Waals surface area (Å²) < 4.78 is 5.54. The van der Waals surface area contributed by atoms with Gasteiger partial charge in [0.2, 0.25) is 5.91 Å². The van der Waals surface area contributed by atoms with Crippen molar-refractivity contribution in [3.63, 3.8) is 0 Å². The van der Waals surface area contributed by atoms with Gasteiger partial charge in [-0.05, 0) is 42.5 Å². The van der Waals surface area contributed by atoms with Crippen LogP contribution in [0.1, 0.15) is 50.7 Å². The molecular weight excluding hydrogens is 420 g/mol. The molecule has 2 aromatic carbocycles. The van der Waals surface area contributed by atoms with Gasteiger partial charge in [0.1, 0.15) is 12.1 Å². The van der Waals surface area contributed by atoms with E-state index in [4.69, 9.17) is 4.74 Å². The van der Waals surface area contributed by atoms with Gasteiger partial charge in [0.05, 0.1) is 5.92 Å². The number of aliphatic carboxylic acids is 1. The van der Waals surface area contributed by atoms with Crippen molar-refractivity contribution in [1.82, 2.24) is 10.2 Å². The Kier molecular flexibility index (Phi) is 7.41. The van der Waals surface area contributed by atoms with Crippen molar-refractivity contribution in [2.24, 2.45) is 5.92 Å². The number of rotatable bonds is 9. The lowest BCUT2D eigenvalue weighted by atomic mass is 9.97. The summed E-state index contributed by atoms with van der Waals surface area (Å²) in [7, 11) is 1.48. The van der Waals surface area contributed by atoms with E-state index in [1.54, 1.807) is 0 Å². The minimum atomic E-state index is -1.34. The van der Waals surface area contributed by atoms with Gasteiger partial charge in [-0.25, -0.2) is 9.59 Å². The average Bonchev–Trinajstić information content (AvgIpc) is 3.13. The summed E-state index contributed by atoms with van der Waals surface area (Å²) in [5.41, 5.74) is 3.22. The fourth-order valence-corrected chi connectivity index (χ4v) is 4.21. The molecule has 0 heterocycles. The molecule has 0 radical (unpaired) electrons. The molecule has 1 aliphatic carbocycles. The smallest absolute Gasteiger partial charge is 0.407 e. The van der Waals surface area contributed by atoms with Crippen LogP contribution in [-0.4, -0.2) is 53.7 Å². The van der Waals surface area contributed by atoms with Crippen molar-refractivity contribution in [2.75, 3.05) is 20.2 Å². The zero-order valence-electron chi connectivity index (χ0n) is 19.6. The predicted octanol–water partition coefficient (Wildman–Crippen LogP) is 4.26. The zero-order chi connectivity index (χ0) is 24.2. The molecule has 1 aliphatic rings. The summed E-state index contributed by atoms with van der Waals surface area (Å²) in [6, 6.07) is 16.2. The number of ether oxygens (including phenoxy) is 1. The molecule has 3 rings (SSSR count). The molecule has 2 N–H and O–H groups in total. The minimum Gasteiger partial charge on any atom is -0.480 e. The molecule has 7 nitrogen and oxygen atoms in total. The van der Waals surface area contributed by atoms with Gasteiger partial charge in [0.15, 0.2) is 0 Å². The lowest BCUT2D eigenvalue weighted by molar-refractivity contribution is -0.157. The van der Waals surface area contributed by atoms with Crippen LogP contribution in [0, 0.1) is 5.92 Å². The van der Waals surface area contributed by atoms with E-state index >= 15 is 0 Å². The number of amides is 2. The number of nitrogens with one attached hydrogen (secondary N) is 1. The van der Waals surface area contributed by atoms with Gasteiger partial charge in [-0.2, -0.15) is 0 Å². The number of nitrogens with zero attached hydrogens (tertiary/aromatic N) is 1. The van der Waals surface area contributed by atoms with E-state index in [0.717, 1.165) is 28.7 Å². The number of carbonyl (C=O) groups excluding carboxylic acids is 2. The summed E-state index contributed by atoms with van der Waals surface area (Å²) in [5.74, 6) is -1.97. The van der Waals surface area contributed by atoms with E-state index < -0.39 is 23.5 Å². The quantitative estimate of drug-likeness (QED) is 0.593. The molecule has 1 unspecified atom stereocenters. The fourth-order valence-electron chi connectivity index (χ4n) is 4.21. The number of hydrogen-bond acceptors (Lipinski definition) is 4. The third-order valence-electron chi connectivity index (χ3n) is 6.52. The summed E-state index contributed by atoms with van der Waals surface area (Å²) in [5, 5.41) is 12.1. The Hall–Kier alpha value is -3.35. The standard InChI is InChI=1S/C26H32N2O5/c1-5-10-17(23(29)28(4)26(2,3)24(30)31)15-27-25(32)33-16-22-20-13-8-6-11-18(20)19-12-7-9-14-21(19)22/h6-9,11-14,17,22H,5,10,15-16H2,1-4H3,(H,27,32)(H,30,31). The van der Waals surface area contributed by atoms with Gasteiger partial charge < -0.3 is 20.1 Å². The molecule has 0 aromatic heterocycles. The van der Waals surface area contributed by atoms with Gasteiger partial charge >= 0.3 is 12.1 Å². The number of benzene rings is 2. The molecule has 0 saturated carbocycles. The second kappa shape index (κ2) is 10.1. The van der Waals surface area contributed by atoms with Crippen LogP contribution in [0.15, 0.2) is 48.5 Å². The Balaban J connectivity index is 1.61. The number of carboxylic acid groups (broad SMARTS) is 1. The third kappa shape index (κ3) is 5.02. The average molecular weight is 453 g/mol. The number of fused-ring (bicyclic) bond motifs is 3. The Labute approximate surface area is 194 Å². The molecule has 0 fully saturated rings. The lowest BCUT2D eigenvalue weighted by Crippen LogP contribution is -2.53. The summed E-state index contributed by atoms with van der Waals surface area (Å²) in [6.45, 7) is 5.18. The van der Waals surface area contributed by atoms with E-state index in [9.17, 15) is 19.5 Å². The molecule has 0 saturated heterocycles. The molecule has 2 aromatic rings. The highest BCUT2D eigenvalue weighted by molar-refractivity contribution is 5.87. The largest absolute Gasteiger partial charge is 0.480 e. The molecule has 0 bridgehead atoms. The normalized spacial score (nSPS) is 13.6. The highest BCUT2D eigenvalue weighted by atomic mass is 16.5. The van der Waals surface area contributed by atoms with E-state index in [1.165, 1.54) is 25.8 Å². The van der Waals surface area contributed by atoms with Gasteiger partial charge in [0, 0.05) is 19.5 Å². The summed E-state index contributed by atoms with van der Waals surface area (Å²) in [6.07, 6.45) is 0.665. The van der Waals surface area contributed by atoms with E-state index in [1.807, 2.05) is 31.2 Å². The maximum absolute atomic E-state index is 12.9. The summed E-state index contributed by atoms with van der Waals surface area (Å²) >= 11 is 0. The molecule has 33 heavy (non-hydrogen) atoms. The van der Waals surface area contributed by atoms with Crippen molar-refractivity contribution >= 4 is 18.0 Å². The monoisotopic (exact) mass is 452 g/mol. The first-order chi connectivity index (χ1) is 15.7. The van der Waals surface area contributed by atoms with Crippen LogP contribution in [-0.2, 0) is 14.3 Å². The summed E-state index contributed by atoms with van der Waals surface area (Å²) in [4.78, 5) is 38.1. The van der Waals surface area contributed by atoms with Crippen molar-refractivity contribution in [3.8, 4) is 11.1 Å². The van der Waals surface area contributed by atoms with Crippen LogP contribution in [0.3, 0.4) is 0 Å². The molecule has 0 aliphatic heterocycles. The zero-order valence-corrected chi connectivity index (χ0v) is 19.6. The third-order valence-corrected chi connectivity index (χ3v) is 6.52. The van der Waals surface area contributed by atoms with Crippen LogP contribution in [0.2, 0.25) is 0 Å². The van der Waals surface area contributed by atoms with E-state index in [2.05, 4.69) is 29.6 Å². The van der Waals surface area contributed by atoms with Gasteiger partial charge in [0.25, 0.3) is 0 Å². The number of hydrogen-bond donors (Lipinski definition) is 2. The first-order valence-electron chi connectivity index (χ1n) is 11.3. The van der Waals surface area contributed by atoms with Gasteiger partial charge in [-0.1, -0.05) is 61.9 Å². The lowest BCUT2D eigenvalue weighted by Gasteiger charge is -2.34. The number of likely N-dealkylation sites (N-methyl/N-ethyl adjacent to an activating group) is 1. The van der Waals surface area contributed by atoms with Crippen molar-refractivity contribution in [1.29, 1.82) is 0 Å². The number of carboxylic acids is 1. The molecule has 0 spiro atoms. The first-order valence-corrected chi connectivity index (χ1v) is 11.3. The Bertz CT molecular complexity index is 987. The van der Waals surface area contributed by atoms with Gasteiger partial charge in [-0.3, -0.25) is 4.79 Å². The Morgan fingerprint density at radius 3 is 2.12 bits per heavy atom. The maximum atomic E-state index is 12.9. The molecule has 7 heteroatoms. The molecular formula is C26H32N2O5. The van der Waals surface area contributed by atoms with Crippen LogP contribution < -0.4 is 5.32 Å². The second-order valence-electron chi connectivity index (χ2n) is 8.95. The van der Waals surface area contributed by atoms with Crippen LogP contribution in [0.4, 0.5) is 4.79 Å². The van der Waals surface area contributed by atoms with Crippen molar-refractivity contribution in [3.05, 3.63) is 59.7 Å². The highest BCUT2D eigenvalue weighted by Crippen LogP contribution is 2.44. The van der Waals surface area contributed by atoms with Crippen LogP contribution in [0.5, 0.6) is 0 Å². The topological polar surface area (TPSA) is 95.9 Å². The predicted molar refractivity (Wildman–Crippen MR) is 126 cm³/mol. The number of carbonyl (C=O) groups is 3. The first kappa shape index (κ1) is 24.3. The van der Waals surface area contributed by atoms with Crippen molar-refractivity contribution < 1.29 is 24.2 Å². The molecule has 176 valence electrons. The molecule has 1 atom stereocenters. The van der Waals surface area contributed by atoms with Gasteiger partial charge in [-0.15, -0.1) is 0 Å². The Morgan fingerprint density at radius 2 is 1.61 bits per heavy atom. The number of alkyl carbamates (subject to hydrolysis) is 1. The minimum absolute atomic E-state index is 0.0429. The second-order valence-corrected chi connectivity index (χ2v) is 8.95. The highest BCUT2D eigenvalue weighted by Gasteiger charge is 2.37. The van der Waals surface area contributed by atoms with Crippen LogP contribution in [0.25, 0.3) is 11.1 Å². The van der Waals surface area contributed by atoms with Crippen molar-refractivity contribution in [2.45, 2.75) is 45.1 Å². The SMILES string of the molecule is CCCC(CNC(=O)OCC1c2ccccc2-c2ccccc21)C(=O)N(C)C(C)(C)C(=O)O. The van der Waals surface area contributed by atoms with E-state index in [0.29, 0.717) is 6.42 Å². The maximum Gasteiger partial charge on any atom is 0.407 e. The van der Waals surface area contributed by atoms with Crippen LogP contribution >= 0.6 is 0 Å².